The molecular weight excluding hydrogens is 264 g/mol. The van der Waals surface area contributed by atoms with Crippen molar-refractivity contribution in [2.75, 3.05) is 6.54 Å². The zero-order valence-corrected chi connectivity index (χ0v) is 9.94. The summed E-state index contributed by atoms with van der Waals surface area (Å²) in [5, 5.41) is 2.89. The monoisotopic (exact) mass is 275 g/mol. The number of halogens is 3. The standard InChI is InChI=1S/C11H12BrF2N/c1-10(11(13,14)6-7-15-10)8-2-4-9(12)5-3-8/h2-5,15H,6-7H2,1H3. The second kappa shape index (κ2) is 3.52. The molecule has 0 amide bonds. The molecule has 1 aromatic rings. The first-order valence-corrected chi connectivity index (χ1v) is 5.64. The predicted octanol–water partition coefficient (Wildman–Crippen LogP) is 3.29. The van der Waals surface area contributed by atoms with Crippen LogP contribution in [-0.4, -0.2) is 12.5 Å². The number of hydrogen-bond acceptors (Lipinski definition) is 1. The molecule has 1 aromatic carbocycles. The minimum atomic E-state index is -2.68. The van der Waals surface area contributed by atoms with Gasteiger partial charge in [-0.25, -0.2) is 8.78 Å². The lowest BCUT2D eigenvalue weighted by Gasteiger charge is -2.31. The summed E-state index contributed by atoms with van der Waals surface area (Å²) in [4.78, 5) is 0. The summed E-state index contributed by atoms with van der Waals surface area (Å²) in [5.74, 6) is -2.68. The molecule has 0 spiro atoms. The maximum atomic E-state index is 13.7. The molecule has 1 unspecified atom stereocenters. The van der Waals surface area contributed by atoms with Crippen LogP contribution in [0.1, 0.15) is 18.9 Å². The minimum Gasteiger partial charge on any atom is -0.302 e. The van der Waals surface area contributed by atoms with Gasteiger partial charge in [0, 0.05) is 17.4 Å². The molecule has 0 bridgehead atoms. The molecule has 1 saturated heterocycles. The smallest absolute Gasteiger partial charge is 0.270 e. The second-order valence-electron chi connectivity index (χ2n) is 4.01. The van der Waals surface area contributed by atoms with Crippen LogP contribution < -0.4 is 5.32 Å². The van der Waals surface area contributed by atoms with Crippen molar-refractivity contribution in [1.82, 2.24) is 5.32 Å². The number of alkyl halides is 2. The van der Waals surface area contributed by atoms with Gasteiger partial charge in [0.15, 0.2) is 0 Å². The maximum Gasteiger partial charge on any atom is 0.270 e. The third-order valence-corrected chi connectivity index (χ3v) is 3.60. The van der Waals surface area contributed by atoms with Crippen molar-refractivity contribution in [2.24, 2.45) is 0 Å². The van der Waals surface area contributed by atoms with Crippen LogP contribution in [0.3, 0.4) is 0 Å². The Morgan fingerprint density at radius 2 is 1.87 bits per heavy atom. The third-order valence-electron chi connectivity index (χ3n) is 3.07. The molecule has 1 fully saturated rings. The van der Waals surface area contributed by atoms with Gasteiger partial charge >= 0.3 is 0 Å². The highest BCUT2D eigenvalue weighted by Gasteiger charge is 2.54. The van der Waals surface area contributed by atoms with Gasteiger partial charge in [-0.05, 0) is 24.6 Å². The highest BCUT2D eigenvalue weighted by molar-refractivity contribution is 9.10. The van der Waals surface area contributed by atoms with Crippen molar-refractivity contribution < 1.29 is 8.78 Å². The van der Waals surface area contributed by atoms with Crippen molar-refractivity contribution in [3.05, 3.63) is 34.3 Å². The molecule has 0 saturated carbocycles. The fraction of sp³-hybridized carbons (Fsp3) is 0.455. The molecular formula is C11H12BrF2N. The Kier molecular flexibility index (Phi) is 2.59. The molecule has 1 aliphatic rings. The Bertz CT molecular complexity index is 363. The van der Waals surface area contributed by atoms with Gasteiger partial charge in [0.25, 0.3) is 5.92 Å². The molecule has 0 aliphatic carbocycles. The summed E-state index contributed by atoms with van der Waals surface area (Å²) in [6.45, 7) is 1.92. The van der Waals surface area contributed by atoms with Crippen LogP contribution in [0.5, 0.6) is 0 Å². The van der Waals surface area contributed by atoms with Crippen molar-refractivity contribution in [3.63, 3.8) is 0 Å². The lowest BCUT2D eigenvalue weighted by Crippen LogP contribution is -2.45. The van der Waals surface area contributed by atoms with Gasteiger partial charge < -0.3 is 5.32 Å². The van der Waals surface area contributed by atoms with E-state index in [0.717, 1.165) is 4.47 Å². The van der Waals surface area contributed by atoms with E-state index in [0.29, 0.717) is 12.1 Å². The van der Waals surface area contributed by atoms with E-state index in [-0.39, 0.29) is 6.42 Å². The van der Waals surface area contributed by atoms with Crippen LogP contribution in [0.2, 0.25) is 0 Å². The molecule has 82 valence electrons. The van der Waals surface area contributed by atoms with E-state index in [1.807, 2.05) is 0 Å². The molecule has 1 atom stereocenters. The van der Waals surface area contributed by atoms with E-state index < -0.39 is 11.5 Å². The zero-order valence-electron chi connectivity index (χ0n) is 8.36. The van der Waals surface area contributed by atoms with Crippen molar-refractivity contribution in [2.45, 2.75) is 24.8 Å². The summed E-state index contributed by atoms with van der Waals surface area (Å²) >= 11 is 3.29. The first-order valence-electron chi connectivity index (χ1n) is 4.85. The largest absolute Gasteiger partial charge is 0.302 e. The van der Waals surface area contributed by atoms with Crippen LogP contribution in [0.4, 0.5) is 8.78 Å². The summed E-state index contributed by atoms with van der Waals surface area (Å²) < 4.78 is 28.3. The average Bonchev–Trinajstić information content (AvgIpc) is 2.43. The quantitative estimate of drug-likeness (QED) is 0.830. The number of hydrogen-bond donors (Lipinski definition) is 1. The molecule has 0 radical (unpaired) electrons. The number of benzene rings is 1. The SMILES string of the molecule is CC1(c2ccc(Br)cc2)NCCC1(F)F. The average molecular weight is 276 g/mol. The highest BCUT2D eigenvalue weighted by Crippen LogP contribution is 2.43. The van der Waals surface area contributed by atoms with Crippen molar-refractivity contribution in [3.8, 4) is 0 Å². The van der Waals surface area contributed by atoms with E-state index in [2.05, 4.69) is 21.2 Å². The van der Waals surface area contributed by atoms with Crippen molar-refractivity contribution in [1.29, 1.82) is 0 Å². The van der Waals surface area contributed by atoms with Gasteiger partial charge in [-0.3, -0.25) is 0 Å². The summed E-state index contributed by atoms with van der Waals surface area (Å²) in [6, 6.07) is 7.04. The third kappa shape index (κ3) is 1.70. The van der Waals surface area contributed by atoms with Gasteiger partial charge in [0.2, 0.25) is 0 Å². The van der Waals surface area contributed by atoms with Crippen LogP contribution in [0, 0.1) is 0 Å². The van der Waals surface area contributed by atoms with Gasteiger partial charge in [0.1, 0.15) is 5.54 Å². The summed E-state index contributed by atoms with van der Waals surface area (Å²) in [6.07, 6.45) is -0.0977. The Morgan fingerprint density at radius 3 is 2.33 bits per heavy atom. The molecule has 2 rings (SSSR count). The van der Waals surface area contributed by atoms with E-state index >= 15 is 0 Å². The first kappa shape index (κ1) is 11.0. The van der Waals surface area contributed by atoms with E-state index in [1.54, 1.807) is 31.2 Å². The van der Waals surface area contributed by atoms with Crippen molar-refractivity contribution >= 4 is 15.9 Å². The fourth-order valence-corrected chi connectivity index (χ4v) is 2.21. The normalized spacial score (nSPS) is 29.3. The zero-order chi connectivity index (χ0) is 11.1. The summed E-state index contributed by atoms with van der Waals surface area (Å²) in [7, 11) is 0. The van der Waals surface area contributed by atoms with Crippen LogP contribution in [0.15, 0.2) is 28.7 Å². The fourth-order valence-electron chi connectivity index (χ4n) is 1.95. The van der Waals surface area contributed by atoms with Crippen LogP contribution in [-0.2, 0) is 5.54 Å². The Balaban J connectivity index is 2.41. The van der Waals surface area contributed by atoms with Crippen LogP contribution >= 0.6 is 15.9 Å². The Labute approximate surface area is 96.0 Å². The number of nitrogens with one attached hydrogen (secondary N) is 1. The molecule has 15 heavy (non-hydrogen) atoms. The van der Waals surface area contributed by atoms with E-state index in [9.17, 15) is 8.78 Å². The maximum absolute atomic E-state index is 13.7. The minimum absolute atomic E-state index is 0.0977. The summed E-state index contributed by atoms with van der Waals surface area (Å²) in [5.41, 5.74) is -0.596. The molecule has 1 N–H and O–H groups in total. The van der Waals surface area contributed by atoms with Gasteiger partial charge in [-0.1, -0.05) is 28.1 Å². The molecule has 0 aromatic heterocycles. The Hall–Kier alpha value is -0.480. The number of rotatable bonds is 1. The highest BCUT2D eigenvalue weighted by atomic mass is 79.9. The van der Waals surface area contributed by atoms with Gasteiger partial charge in [0.05, 0.1) is 0 Å². The topological polar surface area (TPSA) is 12.0 Å². The van der Waals surface area contributed by atoms with Gasteiger partial charge in [-0.15, -0.1) is 0 Å². The lowest BCUT2D eigenvalue weighted by atomic mass is 9.87. The molecule has 4 heteroatoms. The van der Waals surface area contributed by atoms with E-state index in [4.69, 9.17) is 0 Å². The molecule has 1 heterocycles. The lowest BCUT2D eigenvalue weighted by molar-refractivity contribution is -0.0559. The molecule has 1 aliphatic heterocycles. The molecule has 1 nitrogen and oxygen atoms in total. The van der Waals surface area contributed by atoms with E-state index in [1.165, 1.54) is 0 Å². The van der Waals surface area contributed by atoms with Gasteiger partial charge in [-0.2, -0.15) is 0 Å². The first-order chi connectivity index (χ1) is 6.96. The predicted molar refractivity (Wildman–Crippen MR) is 59.1 cm³/mol. The Morgan fingerprint density at radius 1 is 1.27 bits per heavy atom. The van der Waals surface area contributed by atoms with Crippen LogP contribution in [0.25, 0.3) is 0 Å². The second-order valence-corrected chi connectivity index (χ2v) is 4.93.